The van der Waals surface area contributed by atoms with E-state index >= 15 is 0 Å². The summed E-state index contributed by atoms with van der Waals surface area (Å²) in [4.78, 5) is 0. The number of methoxy groups -OCH3 is 1. The molecule has 1 aromatic carbocycles. The lowest BCUT2D eigenvalue weighted by Crippen LogP contribution is -2.10. The summed E-state index contributed by atoms with van der Waals surface area (Å²) in [6.07, 6.45) is 0. The molecule has 0 fully saturated rings. The largest absolute Gasteiger partial charge is 0.497 e. The minimum absolute atomic E-state index is 0.154. The van der Waals surface area contributed by atoms with Crippen LogP contribution in [-0.4, -0.2) is 13.7 Å². The van der Waals surface area contributed by atoms with E-state index in [0.717, 1.165) is 5.56 Å². The molecule has 2 nitrogen and oxygen atoms in total. The van der Waals surface area contributed by atoms with Crippen LogP contribution in [0.5, 0.6) is 5.75 Å². The average Bonchev–Trinajstić information content (AvgIpc) is 2.16. The highest BCUT2D eigenvalue weighted by atomic mass is 35.5. The molecular formula is C10H13Cl2NO. The van der Waals surface area contributed by atoms with Crippen LogP contribution in [0.3, 0.4) is 0 Å². The Morgan fingerprint density at radius 2 is 1.86 bits per heavy atom. The molecule has 1 atom stereocenters. The molecule has 0 aliphatic carbocycles. The molecular weight excluding hydrogens is 221 g/mol. The zero-order chi connectivity index (χ0) is 10.7. The maximum Gasteiger partial charge on any atom is 0.121 e. The predicted molar refractivity (Wildman–Crippen MR) is 60.5 cm³/mol. The fourth-order valence-electron chi connectivity index (χ4n) is 1.27. The monoisotopic (exact) mass is 233 g/mol. The second kappa shape index (κ2) is 4.87. The van der Waals surface area contributed by atoms with Crippen molar-refractivity contribution < 1.29 is 4.74 Å². The van der Waals surface area contributed by atoms with Gasteiger partial charge in [0.05, 0.1) is 7.11 Å². The van der Waals surface area contributed by atoms with Crippen LogP contribution in [0.1, 0.15) is 18.4 Å². The summed E-state index contributed by atoms with van der Waals surface area (Å²) < 4.78 is 5.04. The Morgan fingerprint density at radius 3 is 2.21 bits per heavy atom. The van der Waals surface area contributed by atoms with E-state index in [9.17, 15) is 0 Å². The van der Waals surface area contributed by atoms with Crippen LogP contribution in [0.4, 0.5) is 0 Å². The van der Waals surface area contributed by atoms with E-state index in [1.54, 1.807) is 19.2 Å². The summed E-state index contributed by atoms with van der Waals surface area (Å²) in [5.74, 6) is 0.814. The minimum atomic E-state index is 0.154. The Labute approximate surface area is 94.0 Å². The first-order valence-corrected chi connectivity index (χ1v) is 5.08. The van der Waals surface area contributed by atoms with Gasteiger partial charge in [-0.2, -0.15) is 0 Å². The van der Waals surface area contributed by atoms with Gasteiger partial charge in [-0.25, -0.2) is 0 Å². The quantitative estimate of drug-likeness (QED) is 0.872. The highest BCUT2D eigenvalue weighted by molar-refractivity contribution is 6.36. The highest BCUT2D eigenvalue weighted by Crippen LogP contribution is 2.34. The molecule has 1 aromatic rings. The van der Waals surface area contributed by atoms with E-state index in [-0.39, 0.29) is 5.92 Å². The van der Waals surface area contributed by atoms with E-state index in [4.69, 9.17) is 33.7 Å². The Kier molecular flexibility index (Phi) is 4.05. The van der Waals surface area contributed by atoms with E-state index in [1.807, 2.05) is 6.92 Å². The molecule has 0 radical (unpaired) electrons. The van der Waals surface area contributed by atoms with Crippen LogP contribution in [0.2, 0.25) is 10.0 Å². The lowest BCUT2D eigenvalue weighted by molar-refractivity contribution is 0.414. The first-order chi connectivity index (χ1) is 6.60. The first kappa shape index (κ1) is 11.6. The normalized spacial score (nSPS) is 12.6. The van der Waals surface area contributed by atoms with Gasteiger partial charge in [-0.15, -0.1) is 0 Å². The van der Waals surface area contributed by atoms with Gasteiger partial charge in [0, 0.05) is 10.0 Å². The number of benzene rings is 1. The van der Waals surface area contributed by atoms with Crippen LogP contribution >= 0.6 is 23.2 Å². The molecule has 0 heterocycles. The number of rotatable bonds is 3. The van der Waals surface area contributed by atoms with Crippen molar-refractivity contribution in [3.63, 3.8) is 0 Å². The van der Waals surface area contributed by atoms with Crippen molar-refractivity contribution in [1.82, 2.24) is 0 Å². The van der Waals surface area contributed by atoms with Crippen LogP contribution in [-0.2, 0) is 0 Å². The summed E-state index contributed by atoms with van der Waals surface area (Å²) in [5, 5.41) is 1.21. The molecule has 4 heteroatoms. The predicted octanol–water partition coefficient (Wildman–Crippen LogP) is 3.06. The van der Waals surface area contributed by atoms with Crippen molar-refractivity contribution in [1.29, 1.82) is 0 Å². The molecule has 14 heavy (non-hydrogen) atoms. The van der Waals surface area contributed by atoms with E-state index < -0.39 is 0 Å². The standard InChI is InChI=1S/C10H13Cl2NO/c1-6(5-13)10-8(11)3-7(14-2)4-9(10)12/h3-4,6H,5,13H2,1-2H3. The van der Waals surface area contributed by atoms with E-state index in [2.05, 4.69) is 0 Å². The van der Waals surface area contributed by atoms with E-state index in [1.165, 1.54) is 0 Å². The van der Waals surface area contributed by atoms with Gasteiger partial charge in [0.25, 0.3) is 0 Å². The molecule has 0 bridgehead atoms. The van der Waals surface area contributed by atoms with Crippen molar-refractivity contribution in [2.45, 2.75) is 12.8 Å². The summed E-state index contributed by atoms with van der Waals surface area (Å²) >= 11 is 12.1. The van der Waals surface area contributed by atoms with Crippen LogP contribution in [0.15, 0.2) is 12.1 Å². The van der Waals surface area contributed by atoms with Crippen molar-refractivity contribution in [2.75, 3.05) is 13.7 Å². The van der Waals surface area contributed by atoms with Crippen molar-refractivity contribution in [3.05, 3.63) is 27.7 Å². The second-order valence-corrected chi connectivity index (χ2v) is 3.96. The molecule has 0 saturated carbocycles. The number of hydrogen-bond donors (Lipinski definition) is 1. The van der Waals surface area contributed by atoms with Crippen molar-refractivity contribution >= 4 is 23.2 Å². The zero-order valence-electron chi connectivity index (χ0n) is 8.18. The third-order valence-corrected chi connectivity index (χ3v) is 2.76. The maximum absolute atomic E-state index is 6.07. The molecule has 0 saturated heterocycles. The van der Waals surface area contributed by atoms with Gasteiger partial charge < -0.3 is 10.5 Å². The first-order valence-electron chi connectivity index (χ1n) is 4.33. The highest BCUT2D eigenvalue weighted by Gasteiger charge is 2.13. The topological polar surface area (TPSA) is 35.2 Å². The van der Waals surface area contributed by atoms with E-state index in [0.29, 0.717) is 22.3 Å². The molecule has 0 spiro atoms. The lowest BCUT2D eigenvalue weighted by atomic mass is 10.0. The summed E-state index contributed by atoms with van der Waals surface area (Å²) in [6.45, 7) is 2.51. The molecule has 0 aliphatic heterocycles. The number of nitrogens with two attached hydrogens (primary N) is 1. The van der Waals surface area contributed by atoms with Gasteiger partial charge in [-0.3, -0.25) is 0 Å². The van der Waals surface area contributed by atoms with Crippen LogP contribution in [0.25, 0.3) is 0 Å². The fraction of sp³-hybridized carbons (Fsp3) is 0.400. The Morgan fingerprint density at radius 1 is 1.36 bits per heavy atom. The Bertz CT molecular complexity index is 305. The van der Waals surface area contributed by atoms with Crippen LogP contribution < -0.4 is 10.5 Å². The van der Waals surface area contributed by atoms with Gasteiger partial charge >= 0.3 is 0 Å². The van der Waals surface area contributed by atoms with Gasteiger partial charge in [0.1, 0.15) is 5.75 Å². The van der Waals surface area contributed by atoms with Gasteiger partial charge in [0.2, 0.25) is 0 Å². The Balaban J connectivity index is 3.18. The SMILES string of the molecule is COc1cc(Cl)c(C(C)CN)c(Cl)c1. The van der Waals surface area contributed by atoms with Gasteiger partial charge in [0.15, 0.2) is 0 Å². The Hall–Kier alpha value is -0.440. The third kappa shape index (κ3) is 2.32. The average molecular weight is 234 g/mol. The van der Waals surface area contributed by atoms with Crippen molar-refractivity contribution in [2.24, 2.45) is 5.73 Å². The van der Waals surface area contributed by atoms with Crippen molar-refractivity contribution in [3.8, 4) is 5.75 Å². The minimum Gasteiger partial charge on any atom is -0.497 e. The zero-order valence-corrected chi connectivity index (χ0v) is 9.69. The summed E-state index contributed by atoms with van der Waals surface area (Å²) in [5.41, 5.74) is 6.45. The van der Waals surface area contributed by atoms with Gasteiger partial charge in [-0.05, 0) is 30.2 Å². The molecule has 1 rings (SSSR count). The smallest absolute Gasteiger partial charge is 0.121 e. The molecule has 2 N–H and O–H groups in total. The maximum atomic E-state index is 6.07. The molecule has 0 amide bonds. The second-order valence-electron chi connectivity index (χ2n) is 3.14. The third-order valence-electron chi connectivity index (χ3n) is 2.13. The number of hydrogen-bond acceptors (Lipinski definition) is 2. The molecule has 78 valence electrons. The fourth-order valence-corrected chi connectivity index (χ4v) is 2.11. The van der Waals surface area contributed by atoms with Crippen LogP contribution in [0, 0.1) is 0 Å². The molecule has 0 aliphatic rings. The molecule has 0 aromatic heterocycles. The lowest BCUT2D eigenvalue weighted by Gasteiger charge is -2.14. The summed E-state index contributed by atoms with van der Waals surface area (Å²) in [7, 11) is 1.58. The number of halogens is 2. The number of ether oxygens (including phenoxy) is 1. The summed E-state index contributed by atoms with van der Waals surface area (Å²) in [6, 6.07) is 3.49. The molecule has 1 unspecified atom stereocenters. The van der Waals surface area contributed by atoms with Gasteiger partial charge in [-0.1, -0.05) is 30.1 Å².